The number of nitro groups is 1. The zero-order valence-corrected chi connectivity index (χ0v) is 13.0. The van der Waals surface area contributed by atoms with Crippen molar-refractivity contribution in [2.45, 2.75) is 13.8 Å². The van der Waals surface area contributed by atoms with Gasteiger partial charge in [0.1, 0.15) is 0 Å². The lowest BCUT2D eigenvalue weighted by atomic mass is 10.2. The number of nitrogens with one attached hydrogen (secondary N) is 1. The molecule has 24 heavy (non-hydrogen) atoms. The fourth-order valence-electron chi connectivity index (χ4n) is 1.75. The second kappa shape index (κ2) is 7.27. The molecular weight excluding hydrogens is 316 g/mol. The van der Waals surface area contributed by atoms with Gasteiger partial charge in [0.05, 0.1) is 22.5 Å². The molecule has 0 saturated heterocycles. The number of ether oxygens (including phenoxy) is 1. The van der Waals surface area contributed by atoms with Crippen LogP contribution in [0.1, 0.15) is 21.7 Å². The van der Waals surface area contributed by atoms with E-state index in [0.717, 1.165) is 0 Å². The van der Waals surface area contributed by atoms with Gasteiger partial charge in [0.2, 0.25) is 0 Å². The normalized spacial score (nSPS) is 10.1. The molecule has 0 saturated carbocycles. The Kier molecular flexibility index (Phi) is 5.15. The molecular formula is C15H14N4O5. The van der Waals surface area contributed by atoms with E-state index >= 15 is 0 Å². The Balaban J connectivity index is 1.96. The molecule has 1 aromatic carbocycles. The summed E-state index contributed by atoms with van der Waals surface area (Å²) in [7, 11) is 0. The minimum atomic E-state index is -0.784. The van der Waals surface area contributed by atoms with Crippen LogP contribution in [0, 0.1) is 24.0 Å². The van der Waals surface area contributed by atoms with Crippen molar-refractivity contribution in [3.05, 3.63) is 57.7 Å². The van der Waals surface area contributed by atoms with Gasteiger partial charge < -0.3 is 10.1 Å². The number of nitro benzene ring substituents is 1. The van der Waals surface area contributed by atoms with Crippen LogP contribution in [-0.4, -0.2) is 33.4 Å². The van der Waals surface area contributed by atoms with E-state index in [0.29, 0.717) is 11.3 Å². The molecule has 1 aromatic heterocycles. The minimum absolute atomic E-state index is 0.0140. The minimum Gasteiger partial charge on any atom is -0.451 e. The van der Waals surface area contributed by atoms with Crippen LogP contribution in [0.15, 0.2) is 30.6 Å². The summed E-state index contributed by atoms with van der Waals surface area (Å²) >= 11 is 0. The Hall–Kier alpha value is -3.36. The maximum absolute atomic E-state index is 11.8. The predicted octanol–water partition coefficient (Wildman–Crippen LogP) is 1.80. The summed E-state index contributed by atoms with van der Waals surface area (Å²) in [4.78, 5) is 41.5. The number of amides is 1. The molecule has 0 unspecified atom stereocenters. The van der Waals surface area contributed by atoms with Gasteiger partial charge in [-0.05, 0) is 19.4 Å². The number of carbonyl (C=O) groups is 2. The molecule has 1 N–H and O–H groups in total. The molecule has 9 nitrogen and oxygen atoms in total. The lowest BCUT2D eigenvalue weighted by Gasteiger charge is -2.08. The van der Waals surface area contributed by atoms with Crippen molar-refractivity contribution in [2.24, 2.45) is 0 Å². The quantitative estimate of drug-likeness (QED) is 0.503. The zero-order chi connectivity index (χ0) is 17.7. The highest BCUT2D eigenvalue weighted by atomic mass is 16.6. The third-order valence-corrected chi connectivity index (χ3v) is 3.03. The second-order valence-corrected chi connectivity index (χ2v) is 4.92. The number of hydrogen-bond donors (Lipinski definition) is 1. The summed E-state index contributed by atoms with van der Waals surface area (Å²) in [6.45, 7) is 2.86. The highest BCUT2D eigenvalue weighted by Crippen LogP contribution is 2.21. The maximum Gasteiger partial charge on any atom is 0.359 e. The van der Waals surface area contributed by atoms with E-state index in [1.54, 1.807) is 13.8 Å². The zero-order valence-electron chi connectivity index (χ0n) is 13.0. The number of aryl methyl sites for hydroxylation is 2. The van der Waals surface area contributed by atoms with Gasteiger partial charge in [-0.15, -0.1) is 0 Å². The SMILES string of the molecule is Cc1cnc(C(=O)OCC(=O)Nc2cc([N+](=O)[O-])ccc2C)cn1. The molecule has 0 aliphatic heterocycles. The first-order valence-corrected chi connectivity index (χ1v) is 6.87. The third kappa shape index (κ3) is 4.32. The Bertz CT molecular complexity index is 789. The first-order valence-electron chi connectivity index (χ1n) is 6.87. The number of hydrogen-bond acceptors (Lipinski definition) is 7. The Morgan fingerprint density at radius 2 is 2.00 bits per heavy atom. The number of carbonyl (C=O) groups excluding carboxylic acids is 2. The smallest absolute Gasteiger partial charge is 0.359 e. The van der Waals surface area contributed by atoms with Crippen LogP contribution in [0.5, 0.6) is 0 Å². The first kappa shape index (κ1) is 17.0. The third-order valence-electron chi connectivity index (χ3n) is 3.03. The van der Waals surface area contributed by atoms with Gasteiger partial charge in [0.25, 0.3) is 11.6 Å². The van der Waals surface area contributed by atoms with Gasteiger partial charge in [-0.3, -0.25) is 19.9 Å². The van der Waals surface area contributed by atoms with E-state index in [9.17, 15) is 19.7 Å². The number of rotatable bonds is 5. The van der Waals surface area contributed by atoms with E-state index in [1.807, 2.05) is 0 Å². The average Bonchev–Trinajstić information content (AvgIpc) is 2.55. The van der Waals surface area contributed by atoms with E-state index in [-0.39, 0.29) is 17.1 Å². The van der Waals surface area contributed by atoms with Crippen molar-refractivity contribution in [3.63, 3.8) is 0 Å². The van der Waals surface area contributed by atoms with Gasteiger partial charge in [-0.25, -0.2) is 9.78 Å². The molecule has 1 amide bonds. The van der Waals surface area contributed by atoms with Crippen LogP contribution < -0.4 is 5.32 Å². The fraction of sp³-hybridized carbons (Fsp3) is 0.200. The molecule has 0 spiro atoms. The standard InChI is InChI=1S/C15H14N4O5/c1-9-3-4-11(19(22)23)5-12(9)18-14(20)8-24-15(21)13-7-16-10(2)6-17-13/h3-7H,8H2,1-2H3,(H,18,20). The maximum atomic E-state index is 11.8. The van der Waals surface area contributed by atoms with Crippen LogP contribution in [0.3, 0.4) is 0 Å². The summed E-state index contributed by atoms with van der Waals surface area (Å²) in [5, 5.41) is 13.2. The summed E-state index contributed by atoms with van der Waals surface area (Å²) in [6.07, 6.45) is 2.66. The number of aromatic nitrogens is 2. The molecule has 0 bridgehead atoms. The molecule has 9 heteroatoms. The molecule has 0 aliphatic rings. The van der Waals surface area contributed by atoms with Crippen molar-refractivity contribution in [1.82, 2.24) is 9.97 Å². The lowest BCUT2D eigenvalue weighted by molar-refractivity contribution is -0.384. The van der Waals surface area contributed by atoms with Crippen molar-refractivity contribution >= 4 is 23.3 Å². The van der Waals surface area contributed by atoms with E-state index in [2.05, 4.69) is 15.3 Å². The Morgan fingerprint density at radius 3 is 2.62 bits per heavy atom. The van der Waals surface area contributed by atoms with Crippen LogP contribution in [0.25, 0.3) is 0 Å². The largest absolute Gasteiger partial charge is 0.451 e. The van der Waals surface area contributed by atoms with Gasteiger partial charge >= 0.3 is 5.97 Å². The number of non-ortho nitro benzene ring substituents is 1. The Morgan fingerprint density at radius 1 is 1.25 bits per heavy atom. The van der Waals surface area contributed by atoms with Crippen LogP contribution in [0.4, 0.5) is 11.4 Å². The molecule has 0 radical (unpaired) electrons. The highest BCUT2D eigenvalue weighted by Gasteiger charge is 2.14. The number of esters is 1. The van der Waals surface area contributed by atoms with Crippen molar-refractivity contribution in [1.29, 1.82) is 0 Å². The second-order valence-electron chi connectivity index (χ2n) is 4.92. The van der Waals surface area contributed by atoms with Crippen LogP contribution >= 0.6 is 0 Å². The molecule has 0 fully saturated rings. The topological polar surface area (TPSA) is 124 Å². The lowest BCUT2D eigenvalue weighted by Crippen LogP contribution is -2.22. The summed E-state index contributed by atoms with van der Waals surface area (Å²) < 4.78 is 4.83. The molecule has 2 aromatic rings. The summed E-state index contributed by atoms with van der Waals surface area (Å²) in [5.41, 5.74) is 1.40. The van der Waals surface area contributed by atoms with Crippen LogP contribution in [-0.2, 0) is 9.53 Å². The van der Waals surface area contributed by atoms with Gasteiger partial charge in [-0.1, -0.05) is 6.07 Å². The first-order chi connectivity index (χ1) is 11.4. The fourth-order valence-corrected chi connectivity index (χ4v) is 1.75. The summed E-state index contributed by atoms with van der Waals surface area (Å²) in [5.74, 6) is -1.40. The number of nitrogens with zero attached hydrogens (tertiary/aromatic N) is 3. The Labute approximate surface area is 136 Å². The molecule has 2 rings (SSSR count). The van der Waals surface area contributed by atoms with E-state index < -0.39 is 23.4 Å². The van der Waals surface area contributed by atoms with Crippen molar-refractivity contribution in [3.8, 4) is 0 Å². The monoisotopic (exact) mass is 330 g/mol. The van der Waals surface area contributed by atoms with Gasteiger partial charge in [0.15, 0.2) is 12.3 Å². The van der Waals surface area contributed by atoms with Crippen LogP contribution in [0.2, 0.25) is 0 Å². The van der Waals surface area contributed by atoms with Gasteiger partial charge in [0, 0.05) is 18.3 Å². The molecule has 124 valence electrons. The van der Waals surface area contributed by atoms with E-state index in [1.165, 1.54) is 30.6 Å². The summed E-state index contributed by atoms with van der Waals surface area (Å²) in [6, 6.07) is 4.09. The predicted molar refractivity (Wildman–Crippen MR) is 83.5 cm³/mol. The average molecular weight is 330 g/mol. The highest BCUT2D eigenvalue weighted by molar-refractivity contribution is 5.95. The van der Waals surface area contributed by atoms with E-state index in [4.69, 9.17) is 4.74 Å². The number of anilines is 1. The number of benzene rings is 1. The van der Waals surface area contributed by atoms with Crippen molar-refractivity contribution < 1.29 is 19.2 Å². The van der Waals surface area contributed by atoms with Crippen molar-refractivity contribution in [2.75, 3.05) is 11.9 Å². The molecule has 0 atom stereocenters. The van der Waals surface area contributed by atoms with Gasteiger partial charge in [-0.2, -0.15) is 0 Å². The molecule has 1 heterocycles. The molecule has 0 aliphatic carbocycles.